The first-order chi connectivity index (χ1) is 15.2. The molecule has 4 heterocycles. The first kappa shape index (κ1) is 20.6. The minimum atomic E-state index is 0.367. The molecule has 31 heavy (non-hydrogen) atoms. The summed E-state index contributed by atoms with van der Waals surface area (Å²) in [5.74, 6) is 1.86. The SMILES string of the molecule is COc1ccc(-c2c(C#N)c(SCc3cccnc3)nc(N3CCCC3)c2C#N)nc1. The van der Waals surface area contributed by atoms with E-state index in [0.717, 1.165) is 31.5 Å². The molecule has 1 fully saturated rings. The van der Waals surface area contributed by atoms with Gasteiger partial charge in [-0.1, -0.05) is 6.07 Å². The van der Waals surface area contributed by atoms with Crippen LogP contribution in [-0.2, 0) is 5.75 Å². The molecule has 0 N–H and O–H groups in total. The third-order valence-corrected chi connectivity index (χ3v) is 6.15. The number of nitrogens with zero attached hydrogens (tertiary/aromatic N) is 6. The van der Waals surface area contributed by atoms with Crippen molar-refractivity contribution in [3.8, 4) is 29.1 Å². The van der Waals surface area contributed by atoms with E-state index in [1.165, 1.54) is 11.8 Å². The second kappa shape index (κ2) is 9.46. The summed E-state index contributed by atoms with van der Waals surface area (Å²) in [4.78, 5) is 15.6. The fourth-order valence-corrected chi connectivity index (χ4v) is 4.48. The Bertz CT molecular complexity index is 1150. The van der Waals surface area contributed by atoms with Gasteiger partial charge < -0.3 is 9.64 Å². The predicted molar refractivity (Wildman–Crippen MR) is 119 cm³/mol. The zero-order chi connectivity index (χ0) is 21.6. The van der Waals surface area contributed by atoms with Gasteiger partial charge in [0.1, 0.15) is 34.3 Å². The average Bonchev–Trinajstić information content (AvgIpc) is 3.37. The van der Waals surface area contributed by atoms with E-state index in [9.17, 15) is 10.5 Å². The highest BCUT2D eigenvalue weighted by atomic mass is 32.2. The standard InChI is InChI=1S/C23H20N6OS/c1-30-17-6-7-20(27-14-17)21-18(11-24)22(29-9-2-3-10-29)28-23(19(21)12-25)31-15-16-5-4-8-26-13-16/h4-8,13-14H,2-3,9-10,15H2,1H3. The van der Waals surface area contributed by atoms with Gasteiger partial charge >= 0.3 is 0 Å². The van der Waals surface area contributed by atoms with Crippen molar-refractivity contribution >= 4 is 17.6 Å². The summed E-state index contributed by atoms with van der Waals surface area (Å²) in [6, 6.07) is 12.0. The quantitative estimate of drug-likeness (QED) is 0.539. The second-order valence-electron chi connectivity index (χ2n) is 7.02. The van der Waals surface area contributed by atoms with Crippen LogP contribution in [-0.4, -0.2) is 35.2 Å². The van der Waals surface area contributed by atoms with E-state index in [1.54, 1.807) is 37.8 Å². The number of aromatic nitrogens is 3. The van der Waals surface area contributed by atoms with Crippen LogP contribution in [0.4, 0.5) is 5.82 Å². The zero-order valence-electron chi connectivity index (χ0n) is 17.1. The molecule has 4 rings (SSSR count). The van der Waals surface area contributed by atoms with Crippen molar-refractivity contribution in [3.05, 3.63) is 59.5 Å². The van der Waals surface area contributed by atoms with Crippen molar-refractivity contribution in [2.24, 2.45) is 0 Å². The summed E-state index contributed by atoms with van der Waals surface area (Å²) >= 11 is 1.47. The smallest absolute Gasteiger partial charge is 0.148 e. The van der Waals surface area contributed by atoms with Crippen LogP contribution in [0.2, 0.25) is 0 Å². The van der Waals surface area contributed by atoms with Crippen LogP contribution in [0.15, 0.2) is 47.9 Å². The Kier molecular flexibility index (Phi) is 6.30. The van der Waals surface area contributed by atoms with Crippen molar-refractivity contribution < 1.29 is 4.74 Å². The normalized spacial score (nSPS) is 12.9. The largest absolute Gasteiger partial charge is 0.495 e. The summed E-state index contributed by atoms with van der Waals surface area (Å²) in [7, 11) is 1.57. The molecule has 0 unspecified atom stereocenters. The van der Waals surface area contributed by atoms with Gasteiger partial charge in [0.15, 0.2) is 0 Å². The van der Waals surface area contributed by atoms with E-state index in [2.05, 4.69) is 27.0 Å². The van der Waals surface area contributed by atoms with Gasteiger partial charge in [-0.05, 0) is 36.6 Å². The van der Waals surface area contributed by atoms with Gasteiger partial charge in [-0.3, -0.25) is 9.97 Å². The number of ether oxygens (including phenoxy) is 1. The third kappa shape index (κ3) is 4.30. The maximum Gasteiger partial charge on any atom is 0.148 e. The lowest BCUT2D eigenvalue weighted by Gasteiger charge is -2.21. The first-order valence-electron chi connectivity index (χ1n) is 9.90. The maximum atomic E-state index is 10.0. The molecule has 3 aromatic rings. The Morgan fingerprint density at radius 3 is 2.52 bits per heavy atom. The van der Waals surface area contributed by atoms with E-state index in [4.69, 9.17) is 9.72 Å². The van der Waals surface area contributed by atoms with Crippen LogP contribution in [0.3, 0.4) is 0 Å². The van der Waals surface area contributed by atoms with Crippen molar-refractivity contribution in [2.75, 3.05) is 25.1 Å². The van der Waals surface area contributed by atoms with E-state index >= 15 is 0 Å². The number of pyridine rings is 3. The first-order valence-corrected chi connectivity index (χ1v) is 10.9. The third-order valence-electron chi connectivity index (χ3n) is 5.10. The Morgan fingerprint density at radius 2 is 1.90 bits per heavy atom. The maximum absolute atomic E-state index is 10.0. The summed E-state index contributed by atoms with van der Waals surface area (Å²) in [5, 5.41) is 20.7. The number of rotatable bonds is 6. The summed E-state index contributed by atoms with van der Waals surface area (Å²) in [6.07, 6.45) is 7.24. The highest BCUT2D eigenvalue weighted by Gasteiger charge is 2.26. The van der Waals surface area contributed by atoms with Crippen LogP contribution in [0.25, 0.3) is 11.3 Å². The molecule has 8 heteroatoms. The molecule has 0 amide bonds. The minimum Gasteiger partial charge on any atom is -0.495 e. The van der Waals surface area contributed by atoms with Gasteiger partial charge in [-0.15, -0.1) is 11.8 Å². The average molecular weight is 429 g/mol. The van der Waals surface area contributed by atoms with Gasteiger partial charge in [0.05, 0.1) is 24.6 Å². The van der Waals surface area contributed by atoms with Gasteiger partial charge in [0.25, 0.3) is 0 Å². The van der Waals surface area contributed by atoms with Crippen molar-refractivity contribution in [2.45, 2.75) is 23.6 Å². The Morgan fingerprint density at radius 1 is 1.10 bits per heavy atom. The monoisotopic (exact) mass is 428 g/mol. The van der Waals surface area contributed by atoms with E-state index < -0.39 is 0 Å². The molecule has 0 aliphatic carbocycles. The summed E-state index contributed by atoms with van der Waals surface area (Å²) in [6.45, 7) is 1.69. The van der Waals surface area contributed by atoms with E-state index in [-0.39, 0.29) is 0 Å². The van der Waals surface area contributed by atoms with Gasteiger partial charge in [0, 0.05) is 36.8 Å². The molecule has 0 aromatic carbocycles. The number of hydrogen-bond donors (Lipinski definition) is 0. The van der Waals surface area contributed by atoms with Crippen LogP contribution >= 0.6 is 11.8 Å². The molecule has 3 aromatic heterocycles. The molecule has 154 valence electrons. The molecule has 1 aliphatic heterocycles. The van der Waals surface area contributed by atoms with E-state index in [0.29, 0.717) is 44.7 Å². The molecule has 0 atom stereocenters. The van der Waals surface area contributed by atoms with Gasteiger partial charge in [0.2, 0.25) is 0 Å². The Labute approximate surface area is 185 Å². The molecule has 0 bridgehead atoms. The number of thioether (sulfide) groups is 1. The van der Waals surface area contributed by atoms with Gasteiger partial charge in [-0.25, -0.2) is 4.98 Å². The number of nitriles is 2. The summed E-state index contributed by atoms with van der Waals surface area (Å²) in [5.41, 5.74) is 2.88. The van der Waals surface area contributed by atoms with Crippen LogP contribution in [0, 0.1) is 22.7 Å². The zero-order valence-corrected chi connectivity index (χ0v) is 17.9. The van der Waals surface area contributed by atoms with Crippen LogP contribution in [0.1, 0.15) is 29.5 Å². The lowest BCUT2D eigenvalue weighted by atomic mass is 10.0. The minimum absolute atomic E-state index is 0.367. The molecule has 0 radical (unpaired) electrons. The molecule has 7 nitrogen and oxygen atoms in total. The number of anilines is 1. The Hall–Kier alpha value is -3.62. The van der Waals surface area contributed by atoms with Crippen LogP contribution < -0.4 is 9.64 Å². The topological polar surface area (TPSA) is 98.7 Å². The number of methoxy groups -OCH3 is 1. The molecule has 1 saturated heterocycles. The molecular weight excluding hydrogens is 408 g/mol. The predicted octanol–water partition coefficient (Wildman–Crippen LogP) is 4.18. The fourth-order valence-electron chi connectivity index (χ4n) is 3.56. The summed E-state index contributed by atoms with van der Waals surface area (Å²) < 4.78 is 5.21. The van der Waals surface area contributed by atoms with Crippen molar-refractivity contribution in [1.82, 2.24) is 15.0 Å². The highest BCUT2D eigenvalue weighted by molar-refractivity contribution is 7.98. The Balaban J connectivity index is 1.86. The molecular formula is C23H20N6OS. The van der Waals surface area contributed by atoms with E-state index in [1.807, 2.05) is 12.1 Å². The number of hydrogen-bond acceptors (Lipinski definition) is 8. The fraction of sp³-hybridized carbons (Fsp3) is 0.261. The lowest BCUT2D eigenvalue weighted by molar-refractivity contribution is 0.413. The van der Waals surface area contributed by atoms with Gasteiger partial charge in [-0.2, -0.15) is 10.5 Å². The second-order valence-corrected chi connectivity index (χ2v) is 7.98. The molecule has 0 saturated carbocycles. The molecule has 0 spiro atoms. The lowest BCUT2D eigenvalue weighted by Crippen LogP contribution is -2.21. The van der Waals surface area contributed by atoms with Crippen molar-refractivity contribution in [3.63, 3.8) is 0 Å². The highest BCUT2D eigenvalue weighted by Crippen LogP contribution is 2.38. The molecule has 1 aliphatic rings. The van der Waals surface area contributed by atoms with Crippen molar-refractivity contribution in [1.29, 1.82) is 10.5 Å². The van der Waals surface area contributed by atoms with Crippen LogP contribution in [0.5, 0.6) is 5.75 Å².